The standard InChI is InChI=1S/C25H19Cl2N5O/c1-15-6-8-16(9-7-15)21-14-22(19-4-2-3-5-20(19)27)32-25(28-21)30-24(31-32)29-23(33)17-10-12-18(26)13-11-17/h2-14,22H,1H3,(H2,28,29,30,31,33). The molecule has 6 nitrogen and oxygen atoms in total. The van der Waals surface area contributed by atoms with E-state index < -0.39 is 0 Å². The second-order valence-corrected chi connectivity index (χ2v) is 8.55. The van der Waals surface area contributed by atoms with E-state index >= 15 is 0 Å². The topological polar surface area (TPSA) is 71.8 Å². The van der Waals surface area contributed by atoms with E-state index in [1.54, 1.807) is 28.9 Å². The summed E-state index contributed by atoms with van der Waals surface area (Å²) in [5, 5.41) is 11.8. The second-order valence-electron chi connectivity index (χ2n) is 7.70. The van der Waals surface area contributed by atoms with Crippen molar-refractivity contribution in [2.24, 2.45) is 0 Å². The molecule has 2 heterocycles. The number of rotatable bonds is 4. The van der Waals surface area contributed by atoms with Crippen LogP contribution in [0.3, 0.4) is 0 Å². The van der Waals surface area contributed by atoms with Crippen LogP contribution in [0.4, 0.5) is 11.9 Å². The predicted molar refractivity (Wildman–Crippen MR) is 132 cm³/mol. The van der Waals surface area contributed by atoms with Gasteiger partial charge in [-0.15, -0.1) is 5.10 Å². The Balaban J connectivity index is 1.52. The Morgan fingerprint density at radius 3 is 2.45 bits per heavy atom. The van der Waals surface area contributed by atoms with Crippen molar-refractivity contribution in [2.75, 3.05) is 10.6 Å². The highest BCUT2D eigenvalue weighted by molar-refractivity contribution is 6.31. The third-order valence-corrected chi connectivity index (χ3v) is 5.98. The van der Waals surface area contributed by atoms with Crippen LogP contribution in [-0.4, -0.2) is 20.7 Å². The lowest BCUT2D eigenvalue weighted by Crippen LogP contribution is -2.20. The molecule has 0 radical (unpaired) electrons. The molecule has 0 aliphatic carbocycles. The zero-order valence-electron chi connectivity index (χ0n) is 17.6. The van der Waals surface area contributed by atoms with E-state index in [0.29, 0.717) is 21.6 Å². The van der Waals surface area contributed by atoms with Crippen molar-refractivity contribution in [1.29, 1.82) is 0 Å². The molecule has 33 heavy (non-hydrogen) atoms. The number of hydrogen-bond donors (Lipinski definition) is 2. The molecule has 1 aliphatic heterocycles. The molecule has 2 N–H and O–H groups in total. The third kappa shape index (κ3) is 4.35. The van der Waals surface area contributed by atoms with Gasteiger partial charge >= 0.3 is 0 Å². The van der Waals surface area contributed by atoms with Gasteiger partial charge in [0.2, 0.25) is 5.95 Å². The largest absolute Gasteiger partial charge is 0.324 e. The Labute approximate surface area is 200 Å². The van der Waals surface area contributed by atoms with Crippen LogP contribution in [-0.2, 0) is 0 Å². The van der Waals surface area contributed by atoms with Crippen LogP contribution in [0.1, 0.15) is 33.1 Å². The average molecular weight is 476 g/mol. The molecule has 0 spiro atoms. The average Bonchev–Trinajstić information content (AvgIpc) is 3.22. The van der Waals surface area contributed by atoms with Crippen LogP contribution in [0.15, 0.2) is 78.9 Å². The fraction of sp³-hybridized carbons (Fsp3) is 0.0800. The Morgan fingerprint density at radius 1 is 1.00 bits per heavy atom. The van der Waals surface area contributed by atoms with Gasteiger partial charge in [-0.05, 0) is 54.5 Å². The number of halogens is 2. The van der Waals surface area contributed by atoms with Crippen LogP contribution in [0.2, 0.25) is 10.0 Å². The van der Waals surface area contributed by atoms with E-state index in [0.717, 1.165) is 16.8 Å². The number of benzene rings is 3. The summed E-state index contributed by atoms with van der Waals surface area (Å²) in [4.78, 5) is 17.2. The minimum atomic E-state index is -0.323. The Bertz CT molecular complexity index is 1360. The van der Waals surface area contributed by atoms with Crippen LogP contribution in [0, 0.1) is 6.92 Å². The molecule has 8 heteroatoms. The van der Waals surface area contributed by atoms with Crippen molar-refractivity contribution in [3.8, 4) is 0 Å². The first-order chi connectivity index (χ1) is 16.0. The lowest BCUT2D eigenvalue weighted by molar-refractivity contribution is 0.102. The molecule has 1 amide bonds. The molecule has 0 bridgehead atoms. The molecule has 0 saturated carbocycles. The Kier molecular flexibility index (Phi) is 5.62. The number of carbonyl (C=O) groups excluding carboxylic acids is 1. The first-order valence-corrected chi connectivity index (χ1v) is 11.1. The number of aryl methyl sites for hydroxylation is 1. The maximum atomic E-state index is 12.7. The minimum Gasteiger partial charge on any atom is -0.324 e. The van der Waals surface area contributed by atoms with E-state index in [2.05, 4.69) is 38.9 Å². The highest BCUT2D eigenvalue weighted by Gasteiger charge is 2.27. The van der Waals surface area contributed by atoms with Crippen LogP contribution in [0.25, 0.3) is 5.70 Å². The molecule has 5 rings (SSSR count). The van der Waals surface area contributed by atoms with E-state index in [4.69, 9.17) is 23.2 Å². The molecule has 0 fully saturated rings. The summed E-state index contributed by atoms with van der Waals surface area (Å²) < 4.78 is 1.72. The number of allylic oxidation sites excluding steroid dienone is 1. The van der Waals surface area contributed by atoms with Gasteiger partial charge in [-0.25, -0.2) is 4.68 Å². The summed E-state index contributed by atoms with van der Waals surface area (Å²) >= 11 is 12.5. The molecule has 1 aromatic heterocycles. The zero-order valence-corrected chi connectivity index (χ0v) is 19.1. The maximum Gasteiger partial charge on any atom is 0.258 e. The smallest absolute Gasteiger partial charge is 0.258 e. The molecular weight excluding hydrogens is 457 g/mol. The highest BCUT2D eigenvalue weighted by atomic mass is 35.5. The summed E-state index contributed by atoms with van der Waals surface area (Å²) in [5.41, 5.74) is 4.41. The molecule has 0 saturated heterocycles. The van der Waals surface area contributed by atoms with Crippen molar-refractivity contribution < 1.29 is 4.79 Å². The monoisotopic (exact) mass is 475 g/mol. The first kappa shape index (κ1) is 21.2. The molecular formula is C25H19Cl2N5O. The molecule has 4 aromatic rings. The van der Waals surface area contributed by atoms with Gasteiger partial charge in [-0.3, -0.25) is 10.1 Å². The van der Waals surface area contributed by atoms with Crippen molar-refractivity contribution in [2.45, 2.75) is 13.0 Å². The number of amides is 1. The molecule has 1 atom stereocenters. The van der Waals surface area contributed by atoms with Crippen molar-refractivity contribution >= 4 is 46.7 Å². The Hall–Kier alpha value is -3.61. The Morgan fingerprint density at radius 2 is 1.73 bits per heavy atom. The van der Waals surface area contributed by atoms with Gasteiger partial charge in [0, 0.05) is 21.3 Å². The fourth-order valence-electron chi connectivity index (χ4n) is 3.66. The summed E-state index contributed by atoms with van der Waals surface area (Å²) in [6.07, 6.45) is 2.05. The number of nitrogens with zero attached hydrogens (tertiary/aromatic N) is 3. The lowest BCUT2D eigenvalue weighted by atomic mass is 10.0. The van der Waals surface area contributed by atoms with Gasteiger partial charge < -0.3 is 5.32 Å². The van der Waals surface area contributed by atoms with Gasteiger partial charge in [0.25, 0.3) is 11.9 Å². The van der Waals surface area contributed by atoms with Gasteiger partial charge in [0.1, 0.15) is 6.04 Å². The van der Waals surface area contributed by atoms with E-state index in [-0.39, 0.29) is 17.9 Å². The summed E-state index contributed by atoms with van der Waals surface area (Å²) in [5.74, 6) is 0.369. The van der Waals surface area contributed by atoms with Gasteiger partial charge in [-0.2, -0.15) is 4.98 Å². The number of fused-ring (bicyclic) bond motifs is 1. The molecule has 164 valence electrons. The van der Waals surface area contributed by atoms with E-state index in [1.165, 1.54) is 5.56 Å². The second kappa shape index (κ2) is 8.73. The normalized spacial score (nSPS) is 14.8. The number of carbonyl (C=O) groups is 1. The van der Waals surface area contributed by atoms with Crippen molar-refractivity contribution in [1.82, 2.24) is 14.8 Å². The lowest BCUT2D eigenvalue weighted by Gasteiger charge is -2.25. The molecule has 1 unspecified atom stereocenters. The number of anilines is 2. The van der Waals surface area contributed by atoms with Gasteiger partial charge in [0.15, 0.2) is 0 Å². The summed E-state index contributed by atoms with van der Waals surface area (Å²) in [6.45, 7) is 2.05. The zero-order chi connectivity index (χ0) is 22.9. The van der Waals surface area contributed by atoms with Crippen LogP contribution >= 0.6 is 23.2 Å². The highest BCUT2D eigenvalue weighted by Crippen LogP contribution is 2.36. The SMILES string of the molecule is Cc1ccc(C2=CC(c3ccccc3Cl)n3nc(NC(=O)c4ccc(Cl)cc4)nc3N2)cc1. The molecule has 1 aliphatic rings. The van der Waals surface area contributed by atoms with E-state index in [1.807, 2.05) is 43.3 Å². The van der Waals surface area contributed by atoms with Crippen LogP contribution in [0.5, 0.6) is 0 Å². The third-order valence-electron chi connectivity index (χ3n) is 5.38. The summed E-state index contributed by atoms with van der Waals surface area (Å²) in [7, 11) is 0. The number of aromatic nitrogens is 3. The van der Waals surface area contributed by atoms with Gasteiger partial charge in [-0.1, -0.05) is 71.2 Å². The minimum absolute atomic E-state index is 0.188. The van der Waals surface area contributed by atoms with E-state index in [9.17, 15) is 4.79 Å². The fourth-order valence-corrected chi connectivity index (χ4v) is 4.03. The number of nitrogens with one attached hydrogen (secondary N) is 2. The predicted octanol–water partition coefficient (Wildman–Crippen LogP) is 6.20. The van der Waals surface area contributed by atoms with Crippen LogP contribution < -0.4 is 10.6 Å². The maximum absolute atomic E-state index is 12.7. The summed E-state index contributed by atoms with van der Waals surface area (Å²) in [6, 6.07) is 22.1. The van der Waals surface area contributed by atoms with Gasteiger partial charge in [0.05, 0.1) is 0 Å². The first-order valence-electron chi connectivity index (χ1n) is 10.3. The number of hydrogen-bond acceptors (Lipinski definition) is 4. The molecule has 3 aromatic carbocycles. The quantitative estimate of drug-likeness (QED) is 0.368. The van der Waals surface area contributed by atoms with Crippen molar-refractivity contribution in [3.63, 3.8) is 0 Å². The van der Waals surface area contributed by atoms with Crippen molar-refractivity contribution in [3.05, 3.63) is 111 Å².